The van der Waals surface area contributed by atoms with Crippen LogP contribution in [0.4, 0.5) is 5.69 Å². The Labute approximate surface area is 177 Å². The van der Waals surface area contributed by atoms with Gasteiger partial charge in [-0.15, -0.1) is 0 Å². The molecule has 0 spiro atoms. The molecule has 2 rings (SSSR count). The number of carbonyl (C=O) groups excluding carboxylic acids is 1. The van der Waals surface area contributed by atoms with Gasteiger partial charge in [-0.2, -0.15) is 0 Å². The van der Waals surface area contributed by atoms with Crippen molar-refractivity contribution in [2.24, 2.45) is 0 Å². The van der Waals surface area contributed by atoms with Gasteiger partial charge < -0.3 is 14.8 Å². The molecule has 0 radical (unpaired) electrons. The Hall–Kier alpha value is -2.77. The van der Waals surface area contributed by atoms with E-state index in [9.17, 15) is 14.9 Å². The summed E-state index contributed by atoms with van der Waals surface area (Å²) in [7, 11) is 1.28. The molecule has 0 amide bonds. The Bertz CT molecular complexity index is 904. The van der Waals surface area contributed by atoms with Gasteiger partial charge in [-0.1, -0.05) is 36.4 Å². The number of hydrogen-bond donors (Lipinski definition) is 1. The number of aryl methyl sites for hydroxylation is 1. The van der Waals surface area contributed by atoms with E-state index in [1.165, 1.54) is 7.11 Å². The monoisotopic (exact) mass is 414 g/mol. The van der Waals surface area contributed by atoms with Gasteiger partial charge in [0.2, 0.25) is 0 Å². The summed E-state index contributed by atoms with van der Waals surface area (Å²) in [6, 6.07) is 11.6. The van der Waals surface area contributed by atoms with E-state index in [4.69, 9.17) is 9.47 Å². The lowest BCUT2D eigenvalue weighted by atomic mass is 9.93. The molecule has 0 fully saturated rings. The van der Waals surface area contributed by atoms with Gasteiger partial charge in [-0.05, 0) is 45.7 Å². The number of methoxy groups -OCH3 is 1. The molecule has 0 saturated carbocycles. The van der Waals surface area contributed by atoms with E-state index in [2.05, 4.69) is 5.32 Å². The minimum Gasteiger partial charge on any atom is -0.467 e. The quantitative estimate of drug-likeness (QED) is 0.388. The van der Waals surface area contributed by atoms with Gasteiger partial charge in [-0.25, -0.2) is 4.79 Å². The molecule has 0 saturated heterocycles. The van der Waals surface area contributed by atoms with Crippen LogP contribution in [-0.2, 0) is 27.4 Å². The summed E-state index contributed by atoms with van der Waals surface area (Å²) in [6.07, 6.45) is -1.04. The molecule has 0 aliphatic carbocycles. The van der Waals surface area contributed by atoms with E-state index in [-0.39, 0.29) is 5.69 Å². The second-order valence-electron chi connectivity index (χ2n) is 8.21. The van der Waals surface area contributed by atoms with Crippen molar-refractivity contribution >= 4 is 11.7 Å². The van der Waals surface area contributed by atoms with Gasteiger partial charge in [-0.3, -0.25) is 10.1 Å². The average molecular weight is 415 g/mol. The fourth-order valence-electron chi connectivity index (χ4n) is 3.35. The number of rotatable bonds is 8. The molecule has 0 aromatic heterocycles. The second kappa shape index (κ2) is 9.82. The second-order valence-corrected chi connectivity index (χ2v) is 8.21. The molecule has 1 unspecified atom stereocenters. The van der Waals surface area contributed by atoms with Crippen LogP contribution in [0.25, 0.3) is 0 Å². The van der Waals surface area contributed by atoms with Crippen molar-refractivity contribution in [3.05, 3.63) is 74.3 Å². The van der Waals surface area contributed by atoms with Gasteiger partial charge >= 0.3 is 5.97 Å². The summed E-state index contributed by atoms with van der Waals surface area (Å²) in [6.45, 7) is 9.85. The van der Waals surface area contributed by atoms with Crippen LogP contribution in [0.2, 0.25) is 0 Å². The Balaban J connectivity index is 2.42. The van der Waals surface area contributed by atoms with E-state index in [1.807, 2.05) is 51.1 Å². The zero-order chi connectivity index (χ0) is 22.5. The predicted molar refractivity (Wildman–Crippen MR) is 115 cm³/mol. The van der Waals surface area contributed by atoms with Crippen LogP contribution in [0.3, 0.4) is 0 Å². The highest BCUT2D eigenvalue weighted by atomic mass is 16.6. The fraction of sp³-hybridized carbons (Fsp3) is 0.435. The summed E-state index contributed by atoms with van der Waals surface area (Å²) in [5.74, 6) is -0.586. The third-order valence-electron chi connectivity index (χ3n) is 4.75. The number of nitrogens with zero attached hydrogens (tertiary/aromatic N) is 1. The average Bonchev–Trinajstić information content (AvgIpc) is 2.67. The maximum Gasteiger partial charge on any atom is 0.339 e. The van der Waals surface area contributed by atoms with E-state index >= 15 is 0 Å². The van der Waals surface area contributed by atoms with Crippen LogP contribution in [0.5, 0.6) is 0 Å². The van der Waals surface area contributed by atoms with Crippen molar-refractivity contribution in [1.29, 1.82) is 0 Å². The molecule has 7 nitrogen and oxygen atoms in total. The van der Waals surface area contributed by atoms with E-state index in [0.29, 0.717) is 35.3 Å². The normalized spacial score (nSPS) is 12.5. The standard InChI is InChI=1S/C23H30N2O5/c1-15-12-18(21(22(26)29-6)30-23(3,4)5)16(2)20(25(27)28)19(15)14-24-13-17-10-8-7-9-11-17/h7-12,21,24H,13-14H2,1-6H3. The lowest BCUT2D eigenvalue weighted by Gasteiger charge is -2.27. The van der Waals surface area contributed by atoms with Crippen LogP contribution in [0.1, 0.15) is 54.7 Å². The number of nitro groups is 1. The first kappa shape index (κ1) is 23.5. The van der Waals surface area contributed by atoms with Crippen molar-refractivity contribution in [1.82, 2.24) is 5.32 Å². The molecule has 0 heterocycles. The zero-order valence-electron chi connectivity index (χ0n) is 18.4. The third kappa shape index (κ3) is 5.87. The van der Waals surface area contributed by atoms with Crippen LogP contribution >= 0.6 is 0 Å². The van der Waals surface area contributed by atoms with Gasteiger partial charge in [0, 0.05) is 29.8 Å². The topological polar surface area (TPSA) is 90.7 Å². The van der Waals surface area contributed by atoms with Gasteiger partial charge in [0.1, 0.15) is 0 Å². The Kier molecular flexibility index (Phi) is 7.70. The molecule has 0 aliphatic rings. The first-order valence-corrected chi connectivity index (χ1v) is 9.82. The molecule has 0 aliphatic heterocycles. The van der Waals surface area contributed by atoms with Gasteiger partial charge in [0.25, 0.3) is 5.69 Å². The van der Waals surface area contributed by atoms with Crippen molar-refractivity contribution < 1.29 is 19.2 Å². The van der Waals surface area contributed by atoms with E-state index < -0.39 is 22.6 Å². The summed E-state index contributed by atoms with van der Waals surface area (Å²) in [5, 5.41) is 15.2. The molecule has 7 heteroatoms. The molecule has 2 aromatic carbocycles. The summed E-state index contributed by atoms with van der Waals surface area (Å²) in [4.78, 5) is 24.0. The Morgan fingerprint density at radius 2 is 1.80 bits per heavy atom. The third-order valence-corrected chi connectivity index (χ3v) is 4.75. The Morgan fingerprint density at radius 3 is 2.33 bits per heavy atom. The summed E-state index contributed by atoms with van der Waals surface area (Å²) >= 11 is 0. The minimum atomic E-state index is -1.04. The van der Waals surface area contributed by atoms with E-state index in [0.717, 1.165) is 5.56 Å². The fourth-order valence-corrected chi connectivity index (χ4v) is 3.35. The molecule has 0 bridgehead atoms. The van der Waals surface area contributed by atoms with Crippen LogP contribution < -0.4 is 5.32 Å². The molecular weight excluding hydrogens is 384 g/mol. The van der Waals surface area contributed by atoms with Crippen molar-refractivity contribution in [3.63, 3.8) is 0 Å². The van der Waals surface area contributed by atoms with Gasteiger partial charge in [0.15, 0.2) is 6.10 Å². The number of hydrogen-bond acceptors (Lipinski definition) is 6. The molecule has 30 heavy (non-hydrogen) atoms. The molecule has 1 N–H and O–H groups in total. The van der Waals surface area contributed by atoms with Crippen LogP contribution in [-0.4, -0.2) is 23.6 Å². The van der Waals surface area contributed by atoms with E-state index in [1.54, 1.807) is 19.9 Å². The highest BCUT2D eigenvalue weighted by Crippen LogP contribution is 2.36. The van der Waals surface area contributed by atoms with Gasteiger partial charge in [0.05, 0.1) is 17.6 Å². The predicted octanol–water partition coefficient (Wildman–Crippen LogP) is 4.53. The SMILES string of the molecule is COC(=O)C(OC(C)(C)C)c1cc(C)c(CNCc2ccccc2)c([N+](=O)[O-])c1C. The molecule has 2 aromatic rings. The minimum absolute atomic E-state index is 0.00280. The first-order valence-electron chi connectivity index (χ1n) is 9.82. The number of ether oxygens (including phenoxy) is 2. The first-order chi connectivity index (χ1) is 14.0. The van der Waals surface area contributed by atoms with Crippen LogP contribution in [0, 0.1) is 24.0 Å². The lowest BCUT2D eigenvalue weighted by molar-refractivity contribution is -0.386. The van der Waals surface area contributed by atoms with Crippen molar-refractivity contribution in [2.75, 3.05) is 7.11 Å². The number of benzene rings is 2. The maximum absolute atomic E-state index is 12.4. The number of carbonyl (C=O) groups is 1. The summed E-state index contributed by atoms with van der Waals surface area (Å²) in [5.41, 5.74) is 2.62. The summed E-state index contributed by atoms with van der Waals surface area (Å²) < 4.78 is 10.8. The molecule has 1 atom stereocenters. The number of nitrogens with one attached hydrogen (secondary N) is 1. The lowest BCUT2D eigenvalue weighted by Crippen LogP contribution is -2.29. The Morgan fingerprint density at radius 1 is 1.17 bits per heavy atom. The highest BCUT2D eigenvalue weighted by molar-refractivity contribution is 5.78. The van der Waals surface area contributed by atoms with Crippen molar-refractivity contribution in [3.8, 4) is 0 Å². The highest BCUT2D eigenvalue weighted by Gasteiger charge is 2.33. The molecular formula is C23H30N2O5. The largest absolute Gasteiger partial charge is 0.467 e. The number of nitro benzene ring substituents is 1. The van der Waals surface area contributed by atoms with Crippen molar-refractivity contribution in [2.45, 2.75) is 59.4 Å². The maximum atomic E-state index is 12.4. The van der Waals surface area contributed by atoms with Crippen LogP contribution in [0.15, 0.2) is 36.4 Å². The smallest absolute Gasteiger partial charge is 0.339 e. The zero-order valence-corrected chi connectivity index (χ0v) is 18.4. The molecule has 162 valence electrons. The number of esters is 1.